The third-order valence-electron chi connectivity index (χ3n) is 3.15. The van der Waals surface area contributed by atoms with Gasteiger partial charge in [-0.15, -0.1) is 0 Å². The van der Waals surface area contributed by atoms with Gasteiger partial charge in [0.2, 0.25) is 5.95 Å². The molecule has 1 aromatic heterocycles. The largest absolute Gasteiger partial charge is 0.354 e. The summed E-state index contributed by atoms with van der Waals surface area (Å²) in [7, 11) is 0. The number of halogens is 1. The van der Waals surface area contributed by atoms with Crippen LogP contribution in [0.1, 0.15) is 26.3 Å². The molecule has 0 radical (unpaired) electrons. The molecule has 0 fully saturated rings. The van der Waals surface area contributed by atoms with Crippen molar-refractivity contribution in [2.45, 2.75) is 33.4 Å². The maximum Gasteiger partial charge on any atom is 0.224 e. The summed E-state index contributed by atoms with van der Waals surface area (Å²) in [5, 5.41) is 3.16. The summed E-state index contributed by atoms with van der Waals surface area (Å²) in [5.41, 5.74) is 1.27. The fourth-order valence-corrected chi connectivity index (χ4v) is 2.50. The number of hydrogen-bond acceptors (Lipinski definition) is 4. The summed E-state index contributed by atoms with van der Waals surface area (Å²) in [5.74, 6) is 1.58. The van der Waals surface area contributed by atoms with Crippen molar-refractivity contribution in [3.05, 3.63) is 46.6 Å². The lowest BCUT2D eigenvalue weighted by Crippen LogP contribution is -2.31. The third-order valence-corrected chi connectivity index (χ3v) is 3.71. The van der Waals surface area contributed by atoms with E-state index in [0.29, 0.717) is 12.0 Å². The van der Waals surface area contributed by atoms with Gasteiger partial charge in [0.15, 0.2) is 0 Å². The Morgan fingerprint density at radius 1 is 1.24 bits per heavy atom. The van der Waals surface area contributed by atoms with Crippen LogP contribution < -0.4 is 10.2 Å². The molecule has 2 rings (SSSR count). The van der Waals surface area contributed by atoms with E-state index in [0.717, 1.165) is 23.4 Å². The molecule has 112 valence electrons. The highest BCUT2D eigenvalue weighted by Gasteiger charge is 2.17. The molecule has 2 aromatic rings. The second kappa shape index (κ2) is 7.41. The van der Waals surface area contributed by atoms with Crippen molar-refractivity contribution >= 4 is 27.7 Å². The minimum Gasteiger partial charge on any atom is -0.354 e. The predicted octanol–water partition coefficient (Wildman–Crippen LogP) is 4.09. The fraction of sp³-hybridized carbons (Fsp3) is 0.375. The van der Waals surface area contributed by atoms with Crippen LogP contribution in [0.4, 0.5) is 11.8 Å². The Hall–Kier alpha value is -1.62. The Kier molecular flexibility index (Phi) is 5.56. The Labute approximate surface area is 134 Å². The minimum absolute atomic E-state index is 0.339. The maximum absolute atomic E-state index is 4.64. The highest BCUT2D eigenvalue weighted by Crippen LogP contribution is 2.27. The molecule has 5 heteroatoms. The van der Waals surface area contributed by atoms with E-state index in [-0.39, 0.29) is 0 Å². The third kappa shape index (κ3) is 4.17. The van der Waals surface area contributed by atoms with Gasteiger partial charge in [0, 0.05) is 25.3 Å². The van der Waals surface area contributed by atoms with Crippen LogP contribution in [0.3, 0.4) is 0 Å². The van der Waals surface area contributed by atoms with Crippen molar-refractivity contribution in [2.75, 3.05) is 16.8 Å². The molecule has 0 aliphatic rings. The lowest BCUT2D eigenvalue weighted by Gasteiger charge is -2.29. The van der Waals surface area contributed by atoms with Crippen LogP contribution in [0.15, 0.2) is 41.0 Å². The molecule has 4 nitrogen and oxygen atoms in total. The molecule has 0 aliphatic heterocycles. The van der Waals surface area contributed by atoms with Crippen LogP contribution >= 0.6 is 15.9 Å². The van der Waals surface area contributed by atoms with E-state index in [1.54, 1.807) is 6.20 Å². The first-order valence-electron chi connectivity index (χ1n) is 7.18. The number of hydrogen-bond donors (Lipinski definition) is 1. The first-order chi connectivity index (χ1) is 10.1. The van der Waals surface area contributed by atoms with Crippen LogP contribution in [0, 0.1) is 0 Å². The lowest BCUT2D eigenvalue weighted by molar-refractivity contribution is 0.670. The van der Waals surface area contributed by atoms with Crippen molar-refractivity contribution < 1.29 is 0 Å². The van der Waals surface area contributed by atoms with E-state index in [4.69, 9.17) is 0 Å². The van der Waals surface area contributed by atoms with Crippen LogP contribution in [-0.4, -0.2) is 22.6 Å². The average Bonchev–Trinajstić information content (AvgIpc) is 2.48. The van der Waals surface area contributed by atoms with Gasteiger partial charge in [-0.05, 0) is 42.3 Å². The van der Waals surface area contributed by atoms with Gasteiger partial charge in [-0.2, -0.15) is 4.98 Å². The van der Waals surface area contributed by atoms with E-state index in [1.807, 2.05) is 13.0 Å². The molecule has 21 heavy (non-hydrogen) atoms. The summed E-state index contributed by atoms with van der Waals surface area (Å²) in [6.07, 6.45) is 1.81. The minimum atomic E-state index is 0.339. The summed E-state index contributed by atoms with van der Waals surface area (Å²) < 4.78 is 0.911. The van der Waals surface area contributed by atoms with Gasteiger partial charge in [-0.3, -0.25) is 0 Å². The zero-order chi connectivity index (χ0) is 15.2. The van der Waals surface area contributed by atoms with Crippen LogP contribution in [0.2, 0.25) is 0 Å². The molecule has 0 saturated carbocycles. The zero-order valence-corrected chi connectivity index (χ0v) is 14.3. The predicted molar refractivity (Wildman–Crippen MR) is 91.7 cm³/mol. The van der Waals surface area contributed by atoms with Crippen LogP contribution in [-0.2, 0) is 6.54 Å². The van der Waals surface area contributed by atoms with Gasteiger partial charge in [-0.1, -0.05) is 30.3 Å². The fourth-order valence-electron chi connectivity index (χ4n) is 2.08. The molecule has 1 heterocycles. The second-order valence-electron chi connectivity index (χ2n) is 5.10. The van der Waals surface area contributed by atoms with Crippen molar-refractivity contribution in [1.82, 2.24) is 9.97 Å². The highest BCUT2D eigenvalue weighted by atomic mass is 79.9. The molecule has 0 spiro atoms. The highest BCUT2D eigenvalue weighted by molar-refractivity contribution is 9.10. The van der Waals surface area contributed by atoms with Gasteiger partial charge in [0.25, 0.3) is 0 Å². The summed E-state index contributed by atoms with van der Waals surface area (Å²) >= 11 is 3.57. The molecule has 1 aromatic carbocycles. The molecule has 1 N–H and O–H groups in total. The molecule has 0 unspecified atom stereocenters. The van der Waals surface area contributed by atoms with Gasteiger partial charge in [0.1, 0.15) is 5.82 Å². The zero-order valence-electron chi connectivity index (χ0n) is 12.7. The molecule has 0 saturated heterocycles. The first kappa shape index (κ1) is 15.8. The van der Waals surface area contributed by atoms with E-state index in [1.165, 1.54) is 5.56 Å². The Morgan fingerprint density at radius 3 is 2.57 bits per heavy atom. The second-order valence-corrected chi connectivity index (χ2v) is 5.96. The van der Waals surface area contributed by atoms with E-state index in [2.05, 4.69) is 74.2 Å². The van der Waals surface area contributed by atoms with Crippen LogP contribution in [0.5, 0.6) is 0 Å². The molecular weight excluding hydrogens is 328 g/mol. The number of nitrogens with zero attached hydrogens (tertiary/aromatic N) is 3. The van der Waals surface area contributed by atoms with E-state index in [9.17, 15) is 0 Å². The SMILES string of the molecule is CCNc1ncc(Br)c(N(Cc2ccccc2)C(C)C)n1. The number of anilines is 2. The number of aromatic nitrogens is 2. The lowest BCUT2D eigenvalue weighted by atomic mass is 10.2. The van der Waals surface area contributed by atoms with Crippen molar-refractivity contribution in [1.29, 1.82) is 0 Å². The van der Waals surface area contributed by atoms with Gasteiger partial charge in [0.05, 0.1) is 4.47 Å². The summed E-state index contributed by atoms with van der Waals surface area (Å²) in [6.45, 7) is 8.01. The topological polar surface area (TPSA) is 41.1 Å². The Balaban J connectivity index is 2.31. The molecule has 0 atom stereocenters. The van der Waals surface area contributed by atoms with Crippen molar-refractivity contribution in [3.63, 3.8) is 0 Å². The maximum atomic E-state index is 4.64. The molecule has 0 amide bonds. The van der Waals surface area contributed by atoms with Gasteiger partial charge in [-0.25, -0.2) is 4.98 Å². The first-order valence-corrected chi connectivity index (χ1v) is 7.98. The standard InChI is InChI=1S/C16H21BrN4/c1-4-18-16-19-10-14(17)15(20-16)21(12(2)3)11-13-8-6-5-7-9-13/h5-10,12H,4,11H2,1-3H3,(H,18,19,20). The number of benzene rings is 1. The van der Waals surface area contributed by atoms with Crippen LogP contribution in [0.25, 0.3) is 0 Å². The van der Waals surface area contributed by atoms with E-state index >= 15 is 0 Å². The smallest absolute Gasteiger partial charge is 0.224 e. The van der Waals surface area contributed by atoms with Gasteiger partial charge >= 0.3 is 0 Å². The summed E-state index contributed by atoms with van der Waals surface area (Å²) in [6, 6.07) is 10.8. The summed E-state index contributed by atoms with van der Waals surface area (Å²) in [4.78, 5) is 11.2. The van der Waals surface area contributed by atoms with Crippen molar-refractivity contribution in [3.8, 4) is 0 Å². The van der Waals surface area contributed by atoms with E-state index < -0.39 is 0 Å². The van der Waals surface area contributed by atoms with Gasteiger partial charge < -0.3 is 10.2 Å². The number of nitrogens with one attached hydrogen (secondary N) is 1. The average molecular weight is 349 g/mol. The quantitative estimate of drug-likeness (QED) is 0.853. The number of rotatable bonds is 6. The molecule has 0 bridgehead atoms. The monoisotopic (exact) mass is 348 g/mol. The van der Waals surface area contributed by atoms with Crippen molar-refractivity contribution in [2.24, 2.45) is 0 Å². The Bertz CT molecular complexity index is 572. The molecular formula is C16H21BrN4. The normalized spacial score (nSPS) is 10.7. The Morgan fingerprint density at radius 2 is 1.95 bits per heavy atom. The molecule has 0 aliphatic carbocycles.